The Balaban J connectivity index is 1.45. The fraction of sp³-hybridized carbons (Fsp3) is 0.560. The summed E-state index contributed by atoms with van der Waals surface area (Å²) >= 11 is 0. The van der Waals surface area contributed by atoms with Crippen molar-refractivity contribution in [3.63, 3.8) is 0 Å². The van der Waals surface area contributed by atoms with Crippen LogP contribution in [-0.2, 0) is 14.3 Å². The van der Waals surface area contributed by atoms with E-state index in [9.17, 15) is 9.59 Å². The van der Waals surface area contributed by atoms with E-state index in [0.717, 1.165) is 37.9 Å². The topological polar surface area (TPSA) is 132 Å². The van der Waals surface area contributed by atoms with Gasteiger partial charge in [0.25, 0.3) is 5.91 Å². The van der Waals surface area contributed by atoms with E-state index in [0.29, 0.717) is 25.0 Å². The van der Waals surface area contributed by atoms with Crippen molar-refractivity contribution in [2.24, 2.45) is 17.6 Å². The summed E-state index contributed by atoms with van der Waals surface area (Å²) in [5, 5.41) is 18.7. The molecular weight excluding hydrogens is 434 g/mol. The average molecular weight is 470 g/mol. The predicted octanol–water partition coefficient (Wildman–Crippen LogP) is 2.79. The highest BCUT2D eigenvalue weighted by Crippen LogP contribution is 2.37. The molecule has 5 N–H and O–H groups in total. The number of hydrogen-bond acceptors (Lipinski definition) is 6. The Kier molecular flexibility index (Phi) is 7.41. The minimum absolute atomic E-state index is 0.0594. The first-order valence-electron chi connectivity index (χ1n) is 12.2. The van der Waals surface area contributed by atoms with Gasteiger partial charge < -0.3 is 20.5 Å². The molecule has 0 aromatic heterocycles. The SMILES string of the molecule is CN(NCC1CC1)C1=C(C(=N)N)C(=O)N(c2ccc([C@H]3CC[C@H](CC(=O)O)CC3)cc2)CCO1. The summed E-state index contributed by atoms with van der Waals surface area (Å²) in [5.74, 6) is 0.232. The molecule has 0 spiro atoms. The predicted molar refractivity (Wildman–Crippen MR) is 129 cm³/mol. The van der Waals surface area contributed by atoms with Crippen LogP contribution >= 0.6 is 0 Å². The van der Waals surface area contributed by atoms with Crippen LogP contribution in [-0.4, -0.2) is 54.6 Å². The fourth-order valence-corrected chi connectivity index (χ4v) is 4.91. The standard InChI is InChI=1S/C25H35N5O4/c1-29(28-15-17-2-3-17)25-22(23(26)27)24(33)30(12-13-34-25)20-10-8-19(9-11-20)18-6-4-16(5-7-18)14-21(31)32/h8-11,16-18,28H,2-7,12-15H2,1H3,(H3,26,27)(H,31,32)/t16-,18-. The van der Waals surface area contributed by atoms with Crippen LogP contribution < -0.4 is 16.1 Å². The van der Waals surface area contributed by atoms with Crippen LogP contribution in [0.3, 0.4) is 0 Å². The highest BCUT2D eigenvalue weighted by Gasteiger charge is 2.32. The summed E-state index contributed by atoms with van der Waals surface area (Å²) < 4.78 is 5.89. The van der Waals surface area contributed by atoms with Crippen LogP contribution in [0.15, 0.2) is 35.7 Å². The van der Waals surface area contributed by atoms with Crippen molar-refractivity contribution in [2.45, 2.75) is 50.9 Å². The number of benzene rings is 1. The van der Waals surface area contributed by atoms with Crippen molar-refractivity contribution in [1.29, 1.82) is 5.41 Å². The van der Waals surface area contributed by atoms with Crippen LogP contribution in [0.5, 0.6) is 0 Å². The summed E-state index contributed by atoms with van der Waals surface area (Å²) in [7, 11) is 1.78. The van der Waals surface area contributed by atoms with Gasteiger partial charge in [0.1, 0.15) is 18.0 Å². The molecule has 184 valence electrons. The van der Waals surface area contributed by atoms with E-state index in [2.05, 4.69) is 17.6 Å². The molecule has 1 amide bonds. The lowest BCUT2D eigenvalue weighted by atomic mass is 9.77. The molecule has 2 saturated carbocycles. The smallest absolute Gasteiger partial charge is 0.303 e. The normalized spacial score (nSPS) is 23.3. The summed E-state index contributed by atoms with van der Waals surface area (Å²) in [6, 6.07) is 7.98. The summed E-state index contributed by atoms with van der Waals surface area (Å²) in [6.07, 6.45) is 6.48. The second-order valence-corrected chi connectivity index (χ2v) is 9.67. The molecule has 1 heterocycles. The Morgan fingerprint density at radius 3 is 2.41 bits per heavy atom. The first-order valence-corrected chi connectivity index (χ1v) is 12.2. The molecule has 4 rings (SSSR count). The van der Waals surface area contributed by atoms with E-state index in [1.54, 1.807) is 17.0 Å². The Morgan fingerprint density at radius 1 is 1.18 bits per heavy atom. The van der Waals surface area contributed by atoms with Gasteiger partial charge in [-0.25, -0.2) is 5.43 Å². The molecule has 0 radical (unpaired) electrons. The van der Waals surface area contributed by atoms with E-state index in [-0.39, 0.29) is 35.5 Å². The fourth-order valence-electron chi connectivity index (χ4n) is 4.91. The minimum Gasteiger partial charge on any atom is -0.481 e. The number of nitrogens with zero attached hydrogens (tertiary/aromatic N) is 2. The molecule has 1 aromatic carbocycles. The zero-order valence-electron chi connectivity index (χ0n) is 19.8. The molecule has 1 aromatic rings. The van der Waals surface area contributed by atoms with E-state index in [1.807, 2.05) is 12.1 Å². The number of carbonyl (C=O) groups is 2. The Hall–Kier alpha value is -3.07. The van der Waals surface area contributed by atoms with Gasteiger partial charge in [-0.1, -0.05) is 12.1 Å². The Bertz CT molecular complexity index is 949. The zero-order chi connectivity index (χ0) is 24.2. The molecule has 3 aliphatic rings. The number of carboxylic acid groups (broad SMARTS) is 1. The maximum absolute atomic E-state index is 13.4. The van der Waals surface area contributed by atoms with Gasteiger partial charge in [0.05, 0.1) is 6.54 Å². The van der Waals surface area contributed by atoms with Crippen LogP contribution in [0.4, 0.5) is 5.69 Å². The highest BCUT2D eigenvalue weighted by molar-refractivity contribution is 6.24. The number of aliphatic carboxylic acids is 1. The Labute approximate surface area is 200 Å². The molecule has 9 nitrogen and oxygen atoms in total. The Morgan fingerprint density at radius 2 is 1.82 bits per heavy atom. The average Bonchev–Trinajstić information content (AvgIpc) is 3.65. The highest BCUT2D eigenvalue weighted by atomic mass is 16.5. The molecule has 2 fully saturated rings. The number of anilines is 1. The van der Waals surface area contributed by atoms with Crippen molar-refractivity contribution < 1.29 is 19.4 Å². The largest absolute Gasteiger partial charge is 0.481 e. The second kappa shape index (κ2) is 10.5. The quantitative estimate of drug-likeness (QED) is 0.248. The molecule has 0 bridgehead atoms. The van der Waals surface area contributed by atoms with E-state index >= 15 is 0 Å². The lowest BCUT2D eigenvalue weighted by molar-refractivity contribution is -0.138. The van der Waals surface area contributed by atoms with Crippen molar-refractivity contribution in [3.05, 3.63) is 41.3 Å². The molecular formula is C25H35N5O4. The van der Waals surface area contributed by atoms with Gasteiger partial charge in [-0.05, 0) is 74.0 Å². The third-order valence-corrected chi connectivity index (χ3v) is 7.10. The molecule has 1 aliphatic heterocycles. The van der Waals surface area contributed by atoms with E-state index in [4.69, 9.17) is 21.0 Å². The summed E-state index contributed by atoms with van der Waals surface area (Å²) in [5.41, 5.74) is 11.1. The van der Waals surface area contributed by atoms with Gasteiger partial charge in [-0.15, -0.1) is 0 Å². The molecule has 0 atom stereocenters. The number of carbonyl (C=O) groups excluding carboxylic acids is 1. The maximum Gasteiger partial charge on any atom is 0.303 e. The monoisotopic (exact) mass is 469 g/mol. The number of nitrogens with one attached hydrogen (secondary N) is 2. The number of hydrazine groups is 1. The van der Waals surface area contributed by atoms with Gasteiger partial charge in [0.2, 0.25) is 5.88 Å². The van der Waals surface area contributed by atoms with Crippen LogP contribution in [0, 0.1) is 17.2 Å². The first kappa shape index (κ1) is 24.1. The van der Waals surface area contributed by atoms with Crippen LogP contribution in [0.1, 0.15) is 56.4 Å². The van der Waals surface area contributed by atoms with Crippen molar-refractivity contribution in [3.8, 4) is 0 Å². The molecule has 34 heavy (non-hydrogen) atoms. The van der Waals surface area contributed by atoms with E-state index < -0.39 is 5.97 Å². The number of amides is 1. The number of rotatable bonds is 9. The van der Waals surface area contributed by atoms with Crippen molar-refractivity contribution >= 4 is 23.4 Å². The number of amidine groups is 1. The lowest BCUT2D eigenvalue weighted by Gasteiger charge is -2.28. The number of ether oxygens (including phenoxy) is 1. The number of nitrogens with two attached hydrogens (primary N) is 1. The molecule has 2 aliphatic carbocycles. The first-order chi connectivity index (χ1) is 16.3. The third-order valence-electron chi connectivity index (χ3n) is 7.10. The molecule has 0 unspecified atom stereocenters. The molecule has 0 saturated heterocycles. The number of hydrogen-bond donors (Lipinski definition) is 4. The second-order valence-electron chi connectivity index (χ2n) is 9.67. The van der Waals surface area contributed by atoms with Crippen molar-refractivity contribution in [1.82, 2.24) is 10.4 Å². The number of carboxylic acids is 1. The lowest BCUT2D eigenvalue weighted by Crippen LogP contribution is -2.40. The van der Waals surface area contributed by atoms with Gasteiger partial charge in [0.15, 0.2) is 0 Å². The van der Waals surface area contributed by atoms with Crippen LogP contribution in [0.25, 0.3) is 0 Å². The maximum atomic E-state index is 13.4. The van der Waals surface area contributed by atoms with E-state index in [1.165, 1.54) is 18.4 Å². The summed E-state index contributed by atoms with van der Waals surface area (Å²) in [4.78, 5) is 26.0. The van der Waals surface area contributed by atoms with Gasteiger partial charge in [-0.3, -0.25) is 20.0 Å². The van der Waals surface area contributed by atoms with Gasteiger partial charge in [-0.2, -0.15) is 0 Å². The molecule has 9 heteroatoms. The van der Waals surface area contributed by atoms with Gasteiger partial charge in [0, 0.05) is 25.7 Å². The summed E-state index contributed by atoms with van der Waals surface area (Å²) in [6.45, 7) is 1.45. The third kappa shape index (κ3) is 5.70. The van der Waals surface area contributed by atoms with Crippen molar-refractivity contribution in [2.75, 3.05) is 31.6 Å². The zero-order valence-corrected chi connectivity index (χ0v) is 19.8. The van der Waals surface area contributed by atoms with Crippen LogP contribution in [0.2, 0.25) is 0 Å². The van der Waals surface area contributed by atoms with Gasteiger partial charge >= 0.3 is 5.97 Å². The minimum atomic E-state index is -0.717.